The number of para-hydroxylation sites is 1. The number of Topliss-reactive ketones (excluding diaryl/α,β-unsaturated/α-hetero) is 1. The van der Waals surface area contributed by atoms with E-state index in [1.54, 1.807) is 18.0 Å². The van der Waals surface area contributed by atoms with Crippen LogP contribution in [0.15, 0.2) is 65.1 Å². The number of allylic oxidation sites excluding steroid dienone is 1. The van der Waals surface area contributed by atoms with E-state index in [9.17, 15) is 14.9 Å². The number of hydrogen-bond donors (Lipinski definition) is 1. The van der Waals surface area contributed by atoms with Gasteiger partial charge in [0.05, 0.1) is 5.57 Å². The number of nitrogens with two attached hydrogens (primary N) is 1. The lowest BCUT2D eigenvalue weighted by Crippen LogP contribution is -2.52. The summed E-state index contributed by atoms with van der Waals surface area (Å²) in [6.07, 6.45) is 1.53. The van der Waals surface area contributed by atoms with Gasteiger partial charge in [-0.3, -0.25) is 14.5 Å². The number of carbonyl (C=O) groups excluding carboxylic acids is 2. The van der Waals surface area contributed by atoms with Crippen LogP contribution < -0.4 is 15.5 Å². The number of fused-ring (bicyclic) bond motifs is 3. The number of anilines is 2. The highest BCUT2D eigenvalue weighted by atomic mass is 35.5. The molecule has 0 aromatic heterocycles. The first-order valence-corrected chi connectivity index (χ1v) is 10.8. The number of benzene rings is 2. The van der Waals surface area contributed by atoms with Crippen molar-refractivity contribution in [2.45, 2.75) is 31.6 Å². The zero-order chi connectivity index (χ0) is 22.8. The van der Waals surface area contributed by atoms with Crippen molar-refractivity contribution in [1.29, 1.82) is 5.26 Å². The van der Waals surface area contributed by atoms with E-state index in [-0.39, 0.29) is 23.1 Å². The Morgan fingerprint density at radius 1 is 1.16 bits per heavy atom. The fourth-order valence-electron chi connectivity index (χ4n) is 5.25. The molecular formula is C25H21ClN4O2. The van der Waals surface area contributed by atoms with Crippen LogP contribution in [0.4, 0.5) is 11.4 Å². The fourth-order valence-corrected chi connectivity index (χ4v) is 5.43. The minimum Gasteiger partial charge on any atom is -0.384 e. The standard InChI is InChI=1S/C25H21ClN4O2/c1-14-10-11-15(12-18(14)26)30-20-8-5-9-21(31)22(20)25(17(13-27)23(30)28)16-6-3-4-7-19(16)29(2)24(25)32/h3-4,6-7,10-12H,5,8-9,28H2,1-2H3. The third-order valence-corrected chi connectivity index (χ3v) is 7.13. The zero-order valence-electron chi connectivity index (χ0n) is 17.8. The number of nitriles is 1. The van der Waals surface area contributed by atoms with Gasteiger partial charge in [0.15, 0.2) is 5.78 Å². The average Bonchev–Trinajstić information content (AvgIpc) is 2.99. The molecule has 2 heterocycles. The molecule has 1 unspecified atom stereocenters. The largest absolute Gasteiger partial charge is 0.384 e. The molecule has 2 N–H and O–H groups in total. The maximum atomic E-state index is 13.9. The molecule has 0 fully saturated rings. The van der Waals surface area contributed by atoms with Crippen LogP contribution in [0.5, 0.6) is 0 Å². The van der Waals surface area contributed by atoms with Gasteiger partial charge >= 0.3 is 0 Å². The lowest BCUT2D eigenvalue weighted by molar-refractivity contribution is -0.124. The van der Waals surface area contributed by atoms with Crippen molar-refractivity contribution in [2.24, 2.45) is 5.73 Å². The fraction of sp³-hybridized carbons (Fsp3) is 0.240. The third-order valence-electron chi connectivity index (χ3n) is 6.72. The van der Waals surface area contributed by atoms with Crippen molar-refractivity contribution in [3.05, 3.63) is 81.3 Å². The van der Waals surface area contributed by atoms with E-state index < -0.39 is 5.41 Å². The molecule has 3 aliphatic rings. The highest BCUT2D eigenvalue weighted by molar-refractivity contribution is 6.31. The molecule has 2 aromatic rings. The number of likely N-dealkylation sites (N-methyl/N-ethyl adjacent to an activating group) is 1. The molecule has 32 heavy (non-hydrogen) atoms. The van der Waals surface area contributed by atoms with Gasteiger partial charge in [-0.05, 0) is 43.5 Å². The molecule has 0 saturated heterocycles. The minimum atomic E-state index is -1.53. The smallest absolute Gasteiger partial charge is 0.247 e. The number of aryl methyl sites for hydroxylation is 1. The molecule has 2 aliphatic heterocycles. The number of amides is 1. The first kappa shape index (κ1) is 20.3. The summed E-state index contributed by atoms with van der Waals surface area (Å²) in [6.45, 7) is 1.90. The first-order valence-electron chi connectivity index (χ1n) is 10.4. The molecule has 160 valence electrons. The number of nitrogens with zero attached hydrogens (tertiary/aromatic N) is 3. The van der Waals surface area contributed by atoms with Crippen LogP contribution in [-0.2, 0) is 15.0 Å². The Morgan fingerprint density at radius 2 is 1.91 bits per heavy atom. The Balaban J connectivity index is 1.89. The number of halogens is 1. The Labute approximate surface area is 191 Å². The molecule has 1 amide bonds. The summed E-state index contributed by atoms with van der Waals surface area (Å²) in [5.41, 5.74) is 9.08. The summed E-state index contributed by atoms with van der Waals surface area (Å²) in [4.78, 5) is 30.6. The van der Waals surface area contributed by atoms with Crippen LogP contribution in [-0.4, -0.2) is 18.7 Å². The predicted molar refractivity (Wildman–Crippen MR) is 123 cm³/mol. The van der Waals surface area contributed by atoms with E-state index in [1.807, 2.05) is 43.3 Å². The van der Waals surface area contributed by atoms with Crippen molar-refractivity contribution in [3.63, 3.8) is 0 Å². The molecule has 2 aromatic carbocycles. The van der Waals surface area contributed by atoms with E-state index >= 15 is 0 Å². The third kappa shape index (κ3) is 2.40. The van der Waals surface area contributed by atoms with Crippen LogP contribution in [0.3, 0.4) is 0 Å². The summed E-state index contributed by atoms with van der Waals surface area (Å²) in [5.74, 6) is -0.310. The summed E-state index contributed by atoms with van der Waals surface area (Å²) in [7, 11) is 1.67. The summed E-state index contributed by atoms with van der Waals surface area (Å²) in [6, 6.07) is 15.0. The average molecular weight is 445 g/mol. The van der Waals surface area contributed by atoms with Crippen LogP contribution >= 0.6 is 11.6 Å². The van der Waals surface area contributed by atoms with Crippen molar-refractivity contribution in [1.82, 2.24) is 0 Å². The molecule has 1 atom stereocenters. The Hall–Kier alpha value is -3.56. The molecule has 0 saturated carbocycles. The lowest BCUT2D eigenvalue weighted by atomic mass is 9.64. The molecule has 5 rings (SSSR count). The second-order valence-corrected chi connectivity index (χ2v) is 8.78. The van der Waals surface area contributed by atoms with Gasteiger partial charge in [0.1, 0.15) is 17.3 Å². The second kappa shape index (κ2) is 6.98. The number of hydrogen-bond acceptors (Lipinski definition) is 5. The van der Waals surface area contributed by atoms with E-state index in [0.29, 0.717) is 52.5 Å². The van der Waals surface area contributed by atoms with Gasteiger partial charge in [-0.2, -0.15) is 5.26 Å². The van der Waals surface area contributed by atoms with Crippen LogP contribution in [0.2, 0.25) is 5.02 Å². The first-order chi connectivity index (χ1) is 15.3. The predicted octanol–water partition coefficient (Wildman–Crippen LogP) is 4.08. The molecule has 1 spiro atoms. The van der Waals surface area contributed by atoms with Crippen LogP contribution in [0.25, 0.3) is 0 Å². The Bertz CT molecular complexity index is 1320. The highest BCUT2D eigenvalue weighted by Gasteiger charge is 2.61. The monoisotopic (exact) mass is 444 g/mol. The summed E-state index contributed by atoms with van der Waals surface area (Å²) >= 11 is 6.39. The molecule has 0 bridgehead atoms. The lowest BCUT2D eigenvalue weighted by Gasteiger charge is -2.43. The zero-order valence-corrected chi connectivity index (χ0v) is 18.5. The van der Waals surface area contributed by atoms with Gasteiger partial charge < -0.3 is 10.6 Å². The van der Waals surface area contributed by atoms with Gasteiger partial charge in [0.2, 0.25) is 5.91 Å². The van der Waals surface area contributed by atoms with Gasteiger partial charge in [0, 0.05) is 46.7 Å². The summed E-state index contributed by atoms with van der Waals surface area (Å²) in [5, 5.41) is 10.9. The van der Waals surface area contributed by atoms with Crippen molar-refractivity contribution in [3.8, 4) is 6.07 Å². The minimum absolute atomic E-state index is 0.0741. The number of carbonyl (C=O) groups is 2. The van der Waals surface area contributed by atoms with Gasteiger partial charge in [0.25, 0.3) is 0 Å². The highest BCUT2D eigenvalue weighted by Crippen LogP contribution is 2.56. The van der Waals surface area contributed by atoms with Crippen LogP contribution in [0, 0.1) is 18.3 Å². The van der Waals surface area contributed by atoms with E-state index in [2.05, 4.69) is 6.07 Å². The van der Waals surface area contributed by atoms with Gasteiger partial charge in [-0.1, -0.05) is 35.9 Å². The summed E-state index contributed by atoms with van der Waals surface area (Å²) < 4.78 is 0. The molecule has 6 nitrogen and oxygen atoms in total. The maximum Gasteiger partial charge on any atom is 0.247 e. The maximum absolute atomic E-state index is 13.9. The number of rotatable bonds is 1. The van der Waals surface area contributed by atoms with Crippen molar-refractivity contribution < 1.29 is 9.59 Å². The Morgan fingerprint density at radius 3 is 2.62 bits per heavy atom. The van der Waals surface area contributed by atoms with Gasteiger partial charge in [-0.25, -0.2) is 0 Å². The molecule has 1 aliphatic carbocycles. The number of ketones is 1. The normalized spacial score (nSPS) is 22.4. The Kier molecular flexibility index (Phi) is 4.44. The molecular weight excluding hydrogens is 424 g/mol. The topological polar surface area (TPSA) is 90.4 Å². The molecule has 0 radical (unpaired) electrons. The van der Waals surface area contributed by atoms with Gasteiger partial charge in [-0.15, -0.1) is 0 Å². The second-order valence-electron chi connectivity index (χ2n) is 8.37. The van der Waals surface area contributed by atoms with E-state index in [4.69, 9.17) is 17.3 Å². The molecule has 7 heteroatoms. The quantitative estimate of drug-likeness (QED) is 0.715. The SMILES string of the molecule is Cc1ccc(N2C(N)=C(C#N)C3(C(=O)N(C)c4ccccc43)C3=C2CCCC3=O)cc1Cl. The van der Waals surface area contributed by atoms with Crippen molar-refractivity contribution in [2.75, 3.05) is 16.8 Å². The van der Waals surface area contributed by atoms with E-state index in [0.717, 1.165) is 5.56 Å². The van der Waals surface area contributed by atoms with Crippen molar-refractivity contribution >= 4 is 34.7 Å². The van der Waals surface area contributed by atoms with E-state index in [1.165, 1.54) is 4.90 Å². The van der Waals surface area contributed by atoms with Crippen LogP contribution in [0.1, 0.15) is 30.4 Å².